The van der Waals surface area contributed by atoms with Crippen LogP contribution in [0, 0.1) is 0 Å². The Balaban J connectivity index is 2.36. The molecular formula is C16H29NO3. The van der Waals surface area contributed by atoms with Crippen LogP contribution in [0.5, 0.6) is 0 Å². The maximum Gasteiger partial charge on any atom is 0.133 e. The molecule has 0 spiro atoms. The Morgan fingerprint density at radius 1 is 1.20 bits per heavy atom. The van der Waals surface area contributed by atoms with E-state index in [2.05, 4.69) is 39.9 Å². The molecule has 4 nitrogen and oxygen atoms in total. The molecule has 0 unspecified atom stereocenters. The van der Waals surface area contributed by atoms with Gasteiger partial charge < -0.3 is 19.2 Å². The summed E-state index contributed by atoms with van der Waals surface area (Å²) in [6.45, 7) is 12.5. The van der Waals surface area contributed by atoms with Crippen molar-refractivity contribution in [1.82, 2.24) is 5.32 Å². The van der Waals surface area contributed by atoms with Gasteiger partial charge in [-0.25, -0.2) is 0 Å². The first-order valence-electron chi connectivity index (χ1n) is 7.17. The summed E-state index contributed by atoms with van der Waals surface area (Å²) in [6.07, 6.45) is 2.58. The van der Waals surface area contributed by atoms with E-state index in [-0.39, 0.29) is 11.1 Å². The normalized spacial score (nSPS) is 12.9. The zero-order chi connectivity index (χ0) is 15.2. The van der Waals surface area contributed by atoms with Crippen LogP contribution in [0.1, 0.15) is 52.4 Å². The van der Waals surface area contributed by atoms with Gasteiger partial charge in [0.05, 0.1) is 11.9 Å². The lowest BCUT2D eigenvalue weighted by Gasteiger charge is -2.22. The van der Waals surface area contributed by atoms with Gasteiger partial charge >= 0.3 is 0 Å². The molecule has 0 radical (unpaired) electrons. The summed E-state index contributed by atoms with van der Waals surface area (Å²) in [5.74, 6) is 0.900. The predicted molar refractivity (Wildman–Crippen MR) is 80.7 cm³/mol. The maximum atomic E-state index is 5.69. The van der Waals surface area contributed by atoms with Gasteiger partial charge in [0.1, 0.15) is 12.4 Å². The number of ether oxygens (including phenoxy) is 2. The Kier molecular flexibility index (Phi) is 6.24. The fraction of sp³-hybridized carbons (Fsp3) is 0.750. The Morgan fingerprint density at radius 3 is 2.50 bits per heavy atom. The molecule has 0 fully saturated rings. The van der Waals surface area contributed by atoms with Gasteiger partial charge in [0.15, 0.2) is 0 Å². The summed E-state index contributed by atoms with van der Waals surface area (Å²) >= 11 is 0. The lowest BCUT2D eigenvalue weighted by molar-refractivity contribution is -0.0144. The minimum Gasteiger partial charge on any atom is -0.467 e. The molecule has 1 N–H and O–H groups in total. The van der Waals surface area contributed by atoms with Crippen molar-refractivity contribution in [3.8, 4) is 0 Å². The van der Waals surface area contributed by atoms with Crippen molar-refractivity contribution in [2.45, 2.75) is 65.3 Å². The third kappa shape index (κ3) is 6.55. The van der Waals surface area contributed by atoms with E-state index >= 15 is 0 Å². The molecule has 0 aliphatic rings. The molecular weight excluding hydrogens is 254 g/mol. The van der Waals surface area contributed by atoms with Crippen LogP contribution in [-0.4, -0.2) is 24.9 Å². The summed E-state index contributed by atoms with van der Waals surface area (Å²) < 4.78 is 16.5. The first-order chi connectivity index (χ1) is 9.23. The highest BCUT2D eigenvalue weighted by Crippen LogP contribution is 2.16. The third-order valence-corrected chi connectivity index (χ3v) is 3.28. The monoisotopic (exact) mass is 283 g/mol. The van der Waals surface area contributed by atoms with Gasteiger partial charge in [-0.05, 0) is 47.1 Å². The van der Waals surface area contributed by atoms with Crippen LogP contribution in [0.2, 0.25) is 0 Å². The second-order valence-electron chi connectivity index (χ2n) is 6.74. The van der Waals surface area contributed by atoms with Crippen LogP contribution < -0.4 is 5.32 Å². The second kappa shape index (κ2) is 7.25. The fourth-order valence-electron chi connectivity index (χ4n) is 1.60. The van der Waals surface area contributed by atoms with Crippen molar-refractivity contribution < 1.29 is 13.9 Å². The Hall–Kier alpha value is -0.840. The molecule has 1 rings (SSSR count). The molecule has 0 aromatic carbocycles. The maximum absolute atomic E-state index is 5.69. The van der Waals surface area contributed by atoms with Crippen molar-refractivity contribution in [1.29, 1.82) is 0 Å². The van der Waals surface area contributed by atoms with Crippen molar-refractivity contribution >= 4 is 0 Å². The number of hydrogen-bond acceptors (Lipinski definition) is 4. The molecule has 0 aliphatic carbocycles. The average molecular weight is 283 g/mol. The van der Waals surface area contributed by atoms with E-state index in [9.17, 15) is 0 Å². The standard InChI is InChI=1S/C16H29NO3/c1-15(2,3)17-11-13-7-9-20-14(13)12-19-10-8-16(4,5)18-6/h7,9,17H,8,10-12H2,1-6H3. The molecule has 0 aliphatic heterocycles. The van der Waals surface area contributed by atoms with Gasteiger partial charge in [-0.3, -0.25) is 0 Å². The van der Waals surface area contributed by atoms with E-state index < -0.39 is 0 Å². The highest BCUT2D eigenvalue weighted by molar-refractivity contribution is 5.16. The lowest BCUT2D eigenvalue weighted by Crippen LogP contribution is -2.35. The summed E-state index contributed by atoms with van der Waals surface area (Å²) in [4.78, 5) is 0. The predicted octanol–water partition coefficient (Wildman–Crippen LogP) is 3.50. The average Bonchev–Trinajstić information content (AvgIpc) is 2.79. The quantitative estimate of drug-likeness (QED) is 0.742. The highest BCUT2D eigenvalue weighted by Gasteiger charge is 2.16. The van der Waals surface area contributed by atoms with E-state index in [4.69, 9.17) is 13.9 Å². The topological polar surface area (TPSA) is 43.6 Å². The molecule has 4 heteroatoms. The van der Waals surface area contributed by atoms with E-state index in [0.29, 0.717) is 13.2 Å². The summed E-state index contributed by atoms with van der Waals surface area (Å²) in [5.41, 5.74) is 1.11. The Morgan fingerprint density at radius 2 is 1.90 bits per heavy atom. The smallest absolute Gasteiger partial charge is 0.133 e. The zero-order valence-corrected chi connectivity index (χ0v) is 13.7. The van der Waals surface area contributed by atoms with Crippen LogP contribution in [0.3, 0.4) is 0 Å². The Labute approximate surface area is 122 Å². The van der Waals surface area contributed by atoms with Crippen LogP contribution in [0.15, 0.2) is 16.7 Å². The SMILES string of the molecule is COC(C)(C)CCOCc1occc1CNC(C)(C)C. The first-order valence-corrected chi connectivity index (χ1v) is 7.17. The van der Waals surface area contributed by atoms with Gasteiger partial charge in [-0.1, -0.05) is 0 Å². The number of furan rings is 1. The van der Waals surface area contributed by atoms with Gasteiger partial charge in [0.2, 0.25) is 0 Å². The van der Waals surface area contributed by atoms with Crippen molar-refractivity contribution in [2.24, 2.45) is 0 Å². The van der Waals surface area contributed by atoms with Crippen LogP contribution in [0.25, 0.3) is 0 Å². The fourth-order valence-corrected chi connectivity index (χ4v) is 1.60. The molecule has 1 aromatic rings. The zero-order valence-electron chi connectivity index (χ0n) is 13.7. The molecule has 0 bridgehead atoms. The minimum absolute atomic E-state index is 0.0951. The van der Waals surface area contributed by atoms with Crippen molar-refractivity contribution in [3.05, 3.63) is 23.7 Å². The molecule has 20 heavy (non-hydrogen) atoms. The minimum atomic E-state index is -0.139. The summed E-state index contributed by atoms with van der Waals surface area (Å²) in [6, 6.07) is 2.00. The van der Waals surface area contributed by atoms with E-state index in [1.165, 1.54) is 0 Å². The first kappa shape index (κ1) is 17.2. The van der Waals surface area contributed by atoms with Gasteiger partial charge in [-0.15, -0.1) is 0 Å². The molecule has 0 amide bonds. The summed E-state index contributed by atoms with van der Waals surface area (Å²) in [7, 11) is 1.73. The summed E-state index contributed by atoms with van der Waals surface area (Å²) in [5, 5.41) is 3.45. The molecule has 116 valence electrons. The van der Waals surface area contributed by atoms with E-state index in [1.807, 2.05) is 6.07 Å². The number of methoxy groups -OCH3 is 1. The second-order valence-corrected chi connectivity index (χ2v) is 6.74. The third-order valence-electron chi connectivity index (χ3n) is 3.28. The van der Waals surface area contributed by atoms with Gasteiger partial charge in [0, 0.05) is 31.4 Å². The van der Waals surface area contributed by atoms with Crippen molar-refractivity contribution in [3.63, 3.8) is 0 Å². The Bertz CT molecular complexity index is 391. The van der Waals surface area contributed by atoms with Gasteiger partial charge in [0.25, 0.3) is 0 Å². The molecule has 0 saturated carbocycles. The number of nitrogens with one attached hydrogen (secondary N) is 1. The van der Waals surface area contributed by atoms with Crippen LogP contribution in [0.4, 0.5) is 0 Å². The molecule has 1 heterocycles. The number of hydrogen-bond donors (Lipinski definition) is 1. The van der Waals surface area contributed by atoms with Crippen LogP contribution in [-0.2, 0) is 22.6 Å². The van der Waals surface area contributed by atoms with Gasteiger partial charge in [-0.2, -0.15) is 0 Å². The highest BCUT2D eigenvalue weighted by atomic mass is 16.5. The van der Waals surface area contributed by atoms with E-state index in [1.54, 1.807) is 13.4 Å². The lowest BCUT2D eigenvalue weighted by atomic mass is 10.1. The molecule has 1 aromatic heterocycles. The van der Waals surface area contributed by atoms with Crippen LogP contribution >= 0.6 is 0 Å². The number of rotatable bonds is 8. The van der Waals surface area contributed by atoms with E-state index in [0.717, 1.165) is 24.3 Å². The molecule has 0 saturated heterocycles. The largest absolute Gasteiger partial charge is 0.467 e. The van der Waals surface area contributed by atoms with Crippen molar-refractivity contribution in [2.75, 3.05) is 13.7 Å². The molecule has 0 atom stereocenters.